The molecule has 0 aromatic heterocycles. The zero-order valence-corrected chi connectivity index (χ0v) is 11.1. The smallest absolute Gasteiger partial charge is 0.231 e. The predicted octanol–water partition coefficient (Wildman–Crippen LogP) is 2.20. The molecule has 0 atom stereocenters. The lowest BCUT2D eigenvalue weighted by molar-refractivity contribution is 0.173. The third-order valence-electron chi connectivity index (χ3n) is 3.33. The van der Waals surface area contributed by atoms with E-state index < -0.39 is 0 Å². The molecule has 2 N–H and O–H groups in total. The van der Waals surface area contributed by atoms with Gasteiger partial charge in [-0.1, -0.05) is 36.4 Å². The molecule has 0 unspecified atom stereocenters. The Bertz CT molecular complexity index is 581. The van der Waals surface area contributed by atoms with Gasteiger partial charge in [-0.05, 0) is 17.2 Å². The van der Waals surface area contributed by atoms with E-state index in [4.69, 9.17) is 14.6 Å². The normalized spacial score (nSPS) is 12.7. The van der Waals surface area contributed by atoms with Crippen molar-refractivity contribution in [2.75, 3.05) is 6.79 Å². The maximum Gasteiger partial charge on any atom is 0.231 e. The van der Waals surface area contributed by atoms with E-state index in [1.54, 1.807) is 0 Å². The summed E-state index contributed by atoms with van der Waals surface area (Å²) in [5.74, 6) is 1.66. The van der Waals surface area contributed by atoms with Crippen molar-refractivity contribution < 1.29 is 14.6 Å². The van der Waals surface area contributed by atoms with Gasteiger partial charge >= 0.3 is 0 Å². The van der Waals surface area contributed by atoms with Crippen LogP contribution < -0.4 is 14.8 Å². The molecule has 20 heavy (non-hydrogen) atoms. The summed E-state index contributed by atoms with van der Waals surface area (Å²) in [6.07, 6.45) is 0. The van der Waals surface area contributed by atoms with E-state index >= 15 is 0 Å². The number of hydrogen-bond donors (Lipinski definition) is 2. The van der Waals surface area contributed by atoms with E-state index in [1.165, 1.54) is 5.56 Å². The van der Waals surface area contributed by atoms with Gasteiger partial charge < -0.3 is 19.9 Å². The highest BCUT2D eigenvalue weighted by atomic mass is 16.7. The summed E-state index contributed by atoms with van der Waals surface area (Å²) in [4.78, 5) is 0. The number of aliphatic hydroxyl groups excluding tert-OH is 1. The first-order chi connectivity index (χ1) is 9.86. The summed E-state index contributed by atoms with van der Waals surface area (Å²) >= 11 is 0. The Kier molecular flexibility index (Phi) is 3.85. The molecule has 0 aliphatic carbocycles. The van der Waals surface area contributed by atoms with Crippen LogP contribution in [0.15, 0.2) is 42.5 Å². The maximum absolute atomic E-state index is 9.00. The summed E-state index contributed by atoms with van der Waals surface area (Å²) in [6, 6.07) is 13.8. The Balaban J connectivity index is 1.58. The maximum atomic E-state index is 9.00. The summed E-state index contributed by atoms with van der Waals surface area (Å²) in [5, 5.41) is 12.4. The van der Waals surface area contributed by atoms with Gasteiger partial charge in [-0.15, -0.1) is 0 Å². The minimum Gasteiger partial charge on any atom is -0.454 e. The first kappa shape index (κ1) is 13.0. The van der Waals surface area contributed by atoms with Gasteiger partial charge in [0.15, 0.2) is 11.5 Å². The van der Waals surface area contributed by atoms with E-state index in [9.17, 15) is 0 Å². The fraction of sp³-hybridized carbons (Fsp3) is 0.250. The highest BCUT2D eigenvalue weighted by Gasteiger charge is 2.16. The van der Waals surface area contributed by atoms with Crippen LogP contribution in [-0.4, -0.2) is 11.9 Å². The molecule has 0 amide bonds. The SMILES string of the molecule is OCc1ccc(CNCc2cccc3c2OCO3)cc1. The molecule has 0 spiro atoms. The standard InChI is InChI=1S/C16H17NO3/c18-10-13-6-4-12(5-7-13)8-17-9-14-2-1-3-15-16(14)20-11-19-15/h1-7,17-18H,8-11H2. The number of para-hydroxylation sites is 1. The molecular weight excluding hydrogens is 254 g/mol. The minimum atomic E-state index is 0.0845. The molecule has 3 rings (SSSR count). The Hall–Kier alpha value is -2.04. The molecule has 0 fully saturated rings. The van der Waals surface area contributed by atoms with Crippen molar-refractivity contribution in [3.05, 3.63) is 59.2 Å². The lowest BCUT2D eigenvalue weighted by Crippen LogP contribution is -2.13. The first-order valence-electron chi connectivity index (χ1n) is 6.63. The first-order valence-corrected chi connectivity index (χ1v) is 6.63. The summed E-state index contributed by atoms with van der Waals surface area (Å²) in [6.45, 7) is 1.89. The summed E-state index contributed by atoms with van der Waals surface area (Å²) < 4.78 is 10.8. The number of rotatable bonds is 5. The van der Waals surface area contributed by atoms with E-state index in [-0.39, 0.29) is 6.61 Å². The average Bonchev–Trinajstić information content (AvgIpc) is 2.97. The number of nitrogens with one attached hydrogen (secondary N) is 1. The van der Waals surface area contributed by atoms with Crippen LogP contribution in [0.4, 0.5) is 0 Å². The van der Waals surface area contributed by atoms with Crippen molar-refractivity contribution in [2.24, 2.45) is 0 Å². The van der Waals surface area contributed by atoms with Crippen molar-refractivity contribution in [2.45, 2.75) is 19.7 Å². The predicted molar refractivity (Wildman–Crippen MR) is 75.5 cm³/mol. The van der Waals surface area contributed by atoms with Crippen LogP contribution in [0.2, 0.25) is 0 Å². The zero-order chi connectivity index (χ0) is 13.8. The second-order valence-electron chi connectivity index (χ2n) is 4.73. The van der Waals surface area contributed by atoms with Gasteiger partial charge in [-0.25, -0.2) is 0 Å². The van der Waals surface area contributed by atoms with Gasteiger partial charge in [0.2, 0.25) is 6.79 Å². The largest absolute Gasteiger partial charge is 0.454 e. The number of ether oxygens (including phenoxy) is 2. The lowest BCUT2D eigenvalue weighted by atomic mass is 10.1. The second kappa shape index (κ2) is 5.94. The van der Waals surface area contributed by atoms with Crippen molar-refractivity contribution in [3.8, 4) is 11.5 Å². The molecule has 0 bridgehead atoms. The fourth-order valence-corrected chi connectivity index (χ4v) is 2.23. The van der Waals surface area contributed by atoms with E-state index in [1.807, 2.05) is 42.5 Å². The average molecular weight is 271 g/mol. The molecule has 4 nitrogen and oxygen atoms in total. The lowest BCUT2D eigenvalue weighted by Gasteiger charge is -2.08. The monoisotopic (exact) mass is 271 g/mol. The van der Waals surface area contributed by atoms with E-state index in [2.05, 4.69) is 5.32 Å². The van der Waals surface area contributed by atoms with Crippen LogP contribution in [0.3, 0.4) is 0 Å². The fourth-order valence-electron chi connectivity index (χ4n) is 2.23. The molecule has 0 radical (unpaired) electrons. The Labute approximate surface area is 118 Å². The van der Waals surface area contributed by atoms with E-state index in [0.29, 0.717) is 6.79 Å². The third kappa shape index (κ3) is 2.76. The Morgan fingerprint density at radius 3 is 2.55 bits per heavy atom. The van der Waals surface area contributed by atoms with Gasteiger partial charge in [-0.2, -0.15) is 0 Å². The van der Waals surface area contributed by atoms with Crippen molar-refractivity contribution in [1.82, 2.24) is 5.32 Å². The summed E-state index contributed by atoms with van der Waals surface area (Å²) in [7, 11) is 0. The third-order valence-corrected chi connectivity index (χ3v) is 3.33. The van der Waals surface area contributed by atoms with Gasteiger partial charge in [0, 0.05) is 18.7 Å². The van der Waals surface area contributed by atoms with Crippen molar-refractivity contribution >= 4 is 0 Å². The zero-order valence-electron chi connectivity index (χ0n) is 11.1. The molecule has 2 aromatic rings. The van der Waals surface area contributed by atoms with Crippen LogP contribution in [0.5, 0.6) is 11.5 Å². The van der Waals surface area contributed by atoms with Gasteiger partial charge in [0.1, 0.15) is 0 Å². The van der Waals surface area contributed by atoms with Crippen LogP contribution in [0.1, 0.15) is 16.7 Å². The second-order valence-corrected chi connectivity index (χ2v) is 4.73. The molecule has 0 saturated carbocycles. The van der Waals surface area contributed by atoms with Crippen LogP contribution >= 0.6 is 0 Å². The van der Waals surface area contributed by atoms with E-state index in [0.717, 1.165) is 35.7 Å². The molecule has 4 heteroatoms. The number of fused-ring (bicyclic) bond motifs is 1. The number of aliphatic hydroxyl groups is 1. The molecule has 104 valence electrons. The molecule has 1 aliphatic rings. The molecular formula is C16H17NO3. The molecule has 1 heterocycles. The van der Waals surface area contributed by atoms with Crippen LogP contribution in [0, 0.1) is 0 Å². The highest BCUT2D eigenvalue weighted by Crippen LogP contribution is 2.35. The highest BCUT2D eigenvalue weighted by molar-refractivity contribution is 5.48. The Morgan fingerprint density at radius 1 is 0.950 bits per heavy atom. The topological polar surface area (TPSA) is 50.7 Å². The Morgan fingerprint density at radius 2 is 1.75 bits per heavy atom. The minimum absolute atomic E-state index is 0.0845. The van der Waals surface area contributed by atoms with Crippen molar-refractivity contribution in [1.29, 1.82) is 0 Å². The molecule has 1 aliphatic heterocycles. The quantitative estimate of drug-likeness (QED) is 0.875. The molecule has 2 aromatic carbocycles. The number of hydrogen-bond acceptors (Lipinski definition) is 4. The van der Waals surface area contributed by atoms with Gasteiger partial charge in [0.05, 0.1) is 6.61 Å². The van der Waals surface area contributed by atoms with Crippen molar-refractivity contribution in [3.63, 3.8) is 0 Å². The number of benzene rings is 2. The summed E-state index contributed by atoms with van der Waals surface area (Å²) in [5.41, 5.74) is 3.22. The van der Waals surface area contributed by atoms with Gasteiger partial charge in [0.25, 0.3) is 0 Å². The van der Waals surface area contributed by atoms with Crippen LogP contribution in [-0.2, 0) is 19.7 Å². The molecule has 0 saturated heterocycles. The van der Waals surface area contributed by atoms with Gasteiger partial charge in [-0.3, -0.25) is 0 Å². The van der Waals surface area contributed by atoms with Crippen LogP contribution in [0.25, 0.3) is 0 Å².